The first kappa shape index (κ1) is 13.0. The van der Waals surface area contributed by atoms with Crippen molar-refractivity contribution < 1.29 is 0 Å². The quantitative estimate of drug-likeness (QED) is 0.646. The Balaban J connectivity index is 1.76. The van der Waals surface area contributed by atoms with Gasteiger partial charge in [0, 0.05) is 12.4 Å². The van der Waals surface area contributed by atoms with Crippen molar-refractivity contribution in [2.45, 2.75) is 25.3 Å². The highest BCUT2D eigenvalue weighted by Crippen LogP contribution is 2.28. The molecule has 1 heterocycles. The minimum atomic E-state index is 0.473. The predicted molar refractivity (Wildman–Crippen MR) is 95.6 cm³/mol. The SMILES string of the molecule is C1=c2c(ccc3c2=CCCC3n2cccc2)-c2ccccc2C1. The van der Waals surface area contributed by atoms with Gasteiger partial charge in [0.05, 0.1) is 6.04 Å². The molecule has 3 aromatic rings. The highest BCUT2D eigenvalue weighted by atomic mass is 15.0. The van der Waals surface area contributed by atoms with Crippen molar-refractivity contribution in [2.24, 2.45) is 0 Å². The van der Waals surface area contributed by atoms with Crippen molar-refractivity contribution in [1.29, 1.82) is 0 Å². The first-order valence-electron chi connectivity index (χ1n) is 8.46. The summed E-state index contributed by atoms with van der Waals surface area (Å²) in [6, 6.07) is 18.2. The van der Waals surface area contributed by atoms with Crippen LogP contribution in [0.3, 0.4) is 0 Å². The summed E-state index contributed by atoms with van der Waals surface area (Å²) in [5, 5.41) is 2.90. The maximum absolute atomic E-state index is 2.44. The Labute approximate surface area is 136 Å². The Kier molecular flexibility index (Phi) is 2.81. The van der Waals surface area contributed by atoms with E-state index < -0.39 is 0 Å². The summed E-state index contributed by atoms with van der Waals surface area (Å²) >= 11 is 0. The minimum Gasteiger partial charge on any atom is -0.347 e. The minimum absolute atomic E-state index is 0.473. The molecule has 0 saturated carbocycles. The van der Waals surface area contributed by atoms with E-state index in [1.165, 1.54) is 39.1 Å². The lowest BCUT2D eigenvalue weighted by Crippen LogP contribution is -2.36. The number of benzene rings is 2. The van der Waals surface area contributed by atoms with Crippen molar-refractivity contribution in [2.75, 3.05) is 0 Å². The zero-order valence-electron chi connectivity index (χ0n) is 13.1. The molecule has 2 aliphatic carbocycles. The standard InChI is InChI=1S/C22H19N/c1-2-7-17-16(6-1)10-11-20-18-8-5-9-22(23-14-3-4-15-23)21(18)13-12-19(17)20/h1-4,6-8,11-15,22H,5,9-10H2. The van der Waals surface area contributed by atoms with Gasteiger partial charge in [-0.2, -0.15) is 0 Å². The van der Waals surface area contributed by atoms with Gasteiger partial charge in [0.2, 0.25) is 0 Å². The number of hydrogen-bond donors (Lipinski definition) is 0. The predicted octanol–water partition coefficient (Wildman–Crippen LogP) is 3.66. The molecular formula is C22H19N. The Bertz CT molecular complexity index is 993. The molecule has 1 nitrogen and oxygen atoms in total. The van der Waals surface area contributed by atoms with Crippen LogP contribution in [0.2, 0.25) is 0 Å². The molecule has 0 amide bonds. The molecular weight excluding hydrogens is 278 g/mol. The average molecular weight is 297 g/mol. The summed E-state index contributed by atoms with van der Waals surface area (Å²) in [5.41, 5.74) is 5.72. The molecule has 23 heavy (non-hydrogen) atoms. The van der Waals surface area contributed by atoms with Gasteiger partial charge in [-0.05, 0) is 64.1 Å². The van der Waals surface area contributed by atoms with Gasteiger partial charge in [-0.3, -0.25) is 0 Å². The van der Waals surface area contributed by atoms with Crippen molar-refractivity contribution >= 4 is 12.2 Å². The fourth-order valence-electron chi connectivity index (χ4n) is 4.21. The maximum Gasteiger partial charge on any atom is 0.0588 e. The lowest BCUT2D eigenvalue weighted by atomic mass is 9.85. The third-order valence-electron chi connectivity index (χ3n) is 5.29. The van der Waals surface area contributed by atoms with Gasteiger partial charge < -0.3 is 4.57 Å². The van der Waals surface area contributed by atoms with E-state index in [2.05, 4.69) is 77.6 Å². The molecule has 0 aliphatic heterocycles. The maximum atomic E-state index is 2.44. The van der Waals surface area contributed by atoms with Gasteiger partial charge in [-0.15, -0.1) is 0 Å². The van der Waals surface area contributed by atoms with E-state index in [1.54, 1.807) is 0 Å². The Morgan fingerprint density at radius 3 is 2.57 bits per heavy atom. The van der Waals surface area contributed by atoms with Gasteiger partial charge in [-0.1, -0.05) is 48.6 Å². The number of nitrogens with zero attached hydrogens (tertiary/aromatic N) is 1. The third-order valence-corrected chi connectivity index (χ3v) is 5.29. The van der Waals surface area contributed by atoms with E-state index in [4.69, 9.17) is 0 Å². The first-order chi connectivity index (χ1) is 11.4. The molecule has 112 valence electrons. The molecule has 0 fully saturated rings. The topological polar surface area (TPSA) is 4.93 Å². The van der Waals surface area contributed by atoms with Gasteiger partial charge in [0.1, 0.15) is 0 Å². The van der Waals surface area contributed by atoms with Crippen LogP contribution in [0, 0.1) is 0 Å². The van der Waals surface area contributed by atoms with Crippen LogP contribution in [-0.4, -0.2) is 4.57 Å². The van der Waals surface area contributed by atoms with Crippen LogP contribution in [0.25, 0.3) is 23.3 Å². The number of rotatable bonds is 1. The van der Waals surface area contributed by atoms with Crippen LogP contribution in [0.1, 0.15) is 30.0 Å². The monoisotopic (exact) mass is 297 g/mol. The van der Waals surface area contributed by atoms with Crippen LogP contribution in [0.5, 0.6) is 0 Å². The zero-order chi connectivity index (χ0) is 15.2. The number of hydrogen-bond acceptors (Lipinski definition) is 0. The Morgan fingerprint density at radius 1 is 0.783 bits per heavy atom. The van der Waals surface area contributed by atoms with Crippen molar-refractivity contribution in [3.05, 3.63) is 82.5 Å². The van der Waals surface area contributed by atoms with E-state index in [-0.39, 0.29) is 0 Å². The summed E-state index contributed by atoms with van der Waals surface area (Å²) in [6.07, 6.45) is 12.6. The van der Waals surface area contributed by atoms with E-state index in [9.17, 15) is 0 Å². The molecule has 0 N–H and O–H groups in total. The van der Waals surface area contributed by atoms with Crippen LogP contribution < -0.4 is 10.4 Å². The zero-order valence-corrected chi connectivity index (χ0v) is 13.1. The van der Waals surface area contributed by atoms with Crippen molar-refractivity contribution in [3.8, 4) is 11.1 Å². The molecule has 2 aliphatic rings. The second-order valence-electron chi connectivity index (χ2n) is 6.52. The van der Waals surface area contributed by atoms with Crippen LogP contribution in [0.4, 0.5) is 0 Å². The van der Waals surface area contributed by atoms with E-state index in [0.29, 0.717) is 6.04 Å². The summed E-state index contributed by atoms with van der Waals surface area (Å²) in [7, 11) is 0. The highest BCUT2D eigenvalue weighted by Gasteiger charge is 2.20. The molecule has 1 heteroatoms. The van der Waals surface area contributed by atoms with E-state index in [0.717, 1.165) is 12.8 Å². The average Bonchev–Trinajstić information content (AvgIpc) is 3.15. The molecule has 1 atom stereocenters. The molecule has 0 bridgehead atoms. The second-order valence-corrected chi connectivity index (χ2v) is 6.52. The molecule has 0 radical (unpaired) electrons. The fraction of sp³-hybridized carbons (Fsp3) is 0.182. The molecule has 1 unspecified atom stereocenters. The fourth-order valence-corrected chi connectivity index (χ4v) is 4.21. The normalized spacial score (nSPS) is 18.2. The summed E-state index contributed by atoms with van der Waals surface area (Å²) < 4.78 is 2.36. The van der Waals surface area contributed by atoms with E-state index in [1.807, 2.05) is 0 Å². The molecule has 2 aromatic carbocycles. The molecule has 1 aromatic heterocycles. The van der Waals surface area contributed by atoms with Crippen molar-refractivity contribution in [3.63, 3.8) is 0 Å². The Morgan fingerprint density at radius 2 is 1.65 bits per heavy atom. The molecule has 0 saturated heterocycles. The van der Waals surface area contributed by atoms with Crippen LogP contribution in [-0.2, 0) is 6.42 Å². The van der Waals surface area contributed by atoms with Crippen molar-refractivity contribution in [1.82, 2.24) is 4.57 Å². The van der Waals surface area contributed by atoms with Crippen LogP contribution in [0.15, 0.2) is 60.9 Å². The molecule has 0 spiro atoms. The summed E-state index contributed by atoms with van der Waals surface area (Å²) in [4.78, 5) is 0. The largest absolute Gasteiger partial charge is 0.347 e. The van der Waals surface area contributed by atoms with Crippen LogP contribution >= 0.6 is 0 Å². The summed E-state index contributed by atoms with van der Waals surface area (Å²) in [5.74, 6) is 0. The van der Waals surface area contributed by atoms with Gasteiger partial charge >= 0.3 is 0 Å². The van der Waals surface area contributed by atoms with Gasteiger partial charge in [-0.25, -0.2) is 0 Å². The van der Waals surface area contributed by atoms with Gasteiger partial charge in [0.25, 0.3) is 0 Å². The lowest BCUT2D eigenvalue weighted by molar-refractivity contribution is 0.541. The summed E-state index contributed by atoms with van der Waals surface area (Å²) in [6.45, 7) is 0. The number of aromatic nitrogens is 1. The Hall–Kier alpha value is -2.54. The van der Waals surface area contributed by atoms with E-state index >= 15 is 0 Å². The second kappa shape index (κ2) is 4.99. The molecule has 5 rings (SSSR count). The highest BCUT2D eigenvalue weighted by molar-refractivity contribution is 5.74. The lowest BCUT2D eigenvalue weighted by Gasteiger charge is -2.25. The number of fused-ring (bicyclic) bond motifs is 5. The smallest absolute Gasteiger partial charge is 0.0588 e. The third kappa shape index (κ3) is 1.93. The first-order valence-corrected chi connectivity index (χ1v) is 8.46. The van der Waals surface area contributed by atoms with Gasteiger partial charge in [0.15, 0.2) is 0 Å².